The lowest BCUT2D eigenvalue weighted by molar-refractivity contribution is -0.384. The van der Waals surface area contributed by atoms with Crippen LogP contribution in [0, 0.1) is 17.0 Å². The maximum atomic E-state index is 12.3. The molecule has 0 atom stereocenters. The summed E-state index contributed by atoms with van der Waals surface area (Å²) in [4.78, 5) is 27.7. The monoisotopic (exact) mass is 473 g/mol. The van der Waals surface area contributed by atoms with Gasteiger partial charge in [0.1, 0.15) is 16.5 Å². The highest BCUT2D eigenvalue weighted by Crippen LogP contribution is 2.33. The van der Waals surface area contributed by atoms with Gasteiger partial charge in [0.2, 0.25) is 0 Å². The quantitative estimate of drug-likeness (QED) is 0.270. The Hall–Kier alpha value is -3.07. The first-order valence-electron chi connectivity index (χ1n) is 8.90. The third-order valence-corrected chi connectivity index (χ3v) is 5.82. The standard InChI is InChI=1S/C21H13Cl2N3O4S/c1-11-8-13(22)3-6-16(11)24-21-25-20(27)19(31-21)10-14-4-7-18(30-14)12-2-5-15(23)17(9-12)26(28)29/h2-10H,1H3,(H,24,25,27)/b19-10-. The van der Waals surface area contributed by atoms with Crippen LogP contribution in [0.3, 0.4) is 0 Å². The second-order valence-electron chi connectivity index (χ2n) is 6.54. The average molecular weight is 474 g/mol. The number of halogens is 2. The number of hydrogen-bond donors (Lipinski definition) is 1. The van der Waals surface area contributed by atoms with Crippen LogP contribution in [-0.2, 0) is 4.79 Å². The van der Waals surface area contributed by atoms with Crippen molar-refractivity contribution in [1.29, 1.82) is 0 Å². The van der Waals surface area contributed by atoms with Gasteiger partial charge in [0.25, 0.3) is 11.6 Å². The summed E-state index contributed by atoms with van der Waals surface area (Å²) in [6.07, 6.45) is 1.59. The van der Waals surface area contributed by atoms with Crippen molar-refractivity contribution in [1.82, 2.24) is 5.32 Å². The van der Waals surface area contributed by atoms with E-state index >= 15 is 0 Å². The summed E-state index contributed by atoms with van der Waals surface area (Å²) in [7, 11) is 0. The van der Waals surface area contributed by atoms with Crippen molar-refractivity contribution in [3.05, 3.63) is 84.9 Å². The second kappa shape index (κ2) is 8.58. The van der Waals surface area contributed by atoms with E-state index < -0.39 is 4.92 Å². The summed E-state index contributed by atoms with van der Waals surface area (Å²) >= 11 is 13.0. The molecule has 2 heterocycles. The van der Waals surface area contributed by atoms with Crippen LogP contribution in [0.1, 0.15) is 11.3 Å². The van der Waals surface area contributed by atoms with Crippen molar-refractivity contribution < 1.29 is 14.1 Å². The van der Waals surface area contributed by atoms with Crippen LogP contribution in [0.4, 0.5) is 11.4 Å². The fraction of sp³-hybridized carbons (Fsp3) is 0.0476. The molecule has 4 rings (SSSR count). The Kier molecular flexibility index (Phi) is 5.86. The van der Waals surface area contributed by atoms with Crippen molar-refractivity contribution in [3.8, 4) is 11.3 Å². The first-order chi connectivity index (χ1) is 14.8. The highest BCUT2D eigenvalue weighted by atomic mass is 35.5. The zero-order chi connectivity index (χ0) is 22.1. The van der Waals surface area contributed by atoms with Gasteiger partial charge in [0.05, 0.1) is 15.5 Å². The molecule has 0 bridgehead atoms. The zero-order valence-corrected chi connectivity index (χ0v) is 18.2. The minimum atomic E-state index is -0.555. The van der Waals surface area contributed by atoms with E-state index in [2.05, 4.69) is 10.3 Å². The number of nitrogens with one attached hydrogen (secondary N) is 1. The molecule has 7 nitrogen and oxygen atoms in total. The zero-order valence-electron chi connectivity index (χ0n) is 15.9. The lowest BCUT2D eigenvalue weighted by atomic mass is 10.1. The topological polar surface area (TPSA) is 97.7 Å². The second-order valence-corrected chi connectivity index (χ2v) is 8.41. The molecule has 3 aromatic rings. The van der Waals surface area contributed by atoms with E-state index in [1.165, 1.54) is 23.9 Å². The number of hydrogen-bond acceptors (Lipinski definition) is 6. The van der Waals surface area contributed by atoms with Gasteiger partial charge >= 0.3 is 0 Å². The summed E-state index contributed by atoms with van der Waals surface area (Å²) in [5, 5.41) is 14.9. The molecule has 10 heteroatoms. The van der Waals surface area contributed by atoms with Crippen LogP contribution < -0.4 is 5.32 Å². The third-order valence-electron chi connectivity index (χ3n) is 4.36. The Balaban J connectivity index is 1.57. The lowest BCUT2D eigenvalue weighted by Gasteiger charge is -2.01. The van der Waals surface area contributed by atoms with Gasteiger partial charge in [-0.3, -0.25) is 14.9 Å². The summed E-state index contributed by atoms with van der Waals surface area (Å²) < 4.78 is 5.75. The molecule has 0 spiro atoms. The van der Waals surface area contributed by atoms with E-state index in [1.54, 1.807) is 42.5 Å². The molecule has 0 saturated carbocycles. The molecule has 1 N–H and O–H groups in total. The molecular weight excluding hydrogens is 461 g/mol. The summed E-state index contributed by atoms with van der Waals surface area (Å²) in [5.74, 6) is 0.547. The van der Waals surface area contributed by atoms with Crippen LogP contribution in [0.15, 0.2) is 62.8 Å². The first-order valence-corrected chi connectivity index (χ1v) is 10.5. The first kappa shape index (κ1) is 21.2. The summed E-state index contributed by atoms with van der Waals surface area (Å²) in [6, 6.07) is 13.1. The van der Waals surface area contributed by atoms with Crippen LogP contribution >= 0.6 is 35.0 Å². The minimum absolute atomic E-state index is 0.0458. The Morgan fingerprint density at radius 3 is 2.71 bits per heavy atom. The molecule has 1 amide bonds. The van der Waals surface area contributed by atoms with Crippen LogP contribution in [0.25, 0.3) is 17.4 Å². The fourth-order valence-corrected chi connectivity index (χ4v) is 4.08. The van der Waals surface area contributed by atoms with Gasteiger partial charge in [-0.1, -0.05) is 23.2 Å². The van der Waals surface area contributed by atoms with Gasteiger partial charge in [-0.25, -0.2) is 4.99 Å². The number of nitrogens with zero attached hydrogens (tertiary/aromatic N) is 2. The number of rotatable bonds is 4. The number of aliphatic imine (C=N–C) groups is 1. The predicted molar refractivity (Wildman–Crippen MR) is 123 cm³/mol. The fourth-order valence-electron chi connectivity index (χ4n) is 2.85. The molecular formula is C21H13Cl2N3O4S. The SMILES string of the molecule is Cc1cc(Cl)ccc1N=C1NC(=O)/C(=C/c2ccc(-c3ccc(Cl)c([N+](=O)[O-])c3)o2)S1. The molecule has 0 aliphatic carbocycles. The number of amidine groups is 1. The number of benzene rings is 2. The molecule has 1 fully saturated rings. The largest absolute Gasteiger partial charge is 0.457 e. The molecule has 1 aromatic heterocycles. The lowest BCUT2D eigenvalue weighted by Crippen LogP contribution is -2.19. The molecule has 1 saturated heterocycles. The smallest absolute Gasteiger partial charge is 0.288 e. The van der Waals surface area contributed by atoms with E-state index in [0.717, 1.165) is 5.56 Å². The van der Waals surface area contributed by atoms with Crippen LogP contribution in [0.2, 0.25) is 10.0 Å². The maximum absolute atomic E-state index is 12.3. The van der Waals surface area contributed by atoms with Crippen molar-refractivity contribution in [2.75, 3.05) is 0 Å². The normalized spacial score (nSPS) is 16.2. The van der Waals surface area contributed by atoms with Gasteiger partial charge in [-0.05, 0) is 66.7 Å². The van der Waals surface area contributed by atoms with Gasteiger partial charge in [-0.15, -0.1) is 0 Å². The molecule has 1 aliphatic heterocycles. The number of furan rings is 1. The van der Waals surface area contributed by atoms with Crippen molar-refractivity contribution in [2.45, 2.75) is 6.92 Å². The molecule has 2 aromatic carbocycles. The molecule has 156 valence electrons. The van der Waals surface area contributed by atoms with E-state index in [0.29, 0.717) is 37.9 Å². The van der Waals surface area contributed by atoms with E-state index in [4.69, 9.17) is 27.6 Å². The van der Waals surface area contributed by atoms with Crippen molar-refractivity contribution in [2.24, 2.45) is 4.99 Å². The molecule has 31 heavy (non-hydrogen) atoms. The highest BCUT2D eigenvalue weighted by Gasteiger charge is 2.24. The minimum Gasteiger partial charge on any atom is -0.457 e. The molecule has 0 radical (unpaired) electrons. The molecule has 1 aliphatic rings. The number of nitro groups is 1. The number of carbonyl (C=O) groups is 1. The number of amides is 1. The predicted octanol–water partition coefficient (Wildman–Crippen LogP) is 6.36. The van der Waals surface area contributed by atoms with Crippen LogP contribution in [0.5, 0.6) is 0 Å². The Morgan fingerprint density at radius 1 is 1.16 bits per heavy atom. The highest BCUT2D eigenvalue weighted by molar-refractivity contribution is 8.18. The number of thioether (sulfide) groups is 1. The Morgan fingerprint density at radius 2 is 1.97 bits per heavy atom. The maximum Gasteiger partial charge on any atom is 0.288 e. The van der Waals surface area contributed by atoms with Gasteiger partial charge in [0.15, 0.2) is 5.17 Å². The number of nitro benzene ring substituents is 1. The van der Waals surface area contributed by atoms with Gasteiger partial charge < -0.3 is 9.73 Å². The van der Waals surface area contributed by atoms with Crippen molar-refractivity contribution in [3.63, 3.8) is 0 Å². The van der Waals surface area contributed by atoms with E-state index in [9.17, 15) is 14.9 Å². The third kappa shape index (κ3) is 4.66. The summed E-state index contributed by atoms with van der Waals surface area (Å²) in [6.45, 7) is 1.88. The average Bonchev–Trinajstić information content (AvgIpc) is 3.31. The van der Waals surface area contributed by atoms with Crippen molar-refractivity contribution >= 4 is 63.5 Å². The Bertz CT molecular complexity index is 1280. The van der Waals surface area contributed by atoms with Crippen LogP contribution in [-0.4, -0.2) is 16.0 Å². The van der Waals surface area contributed by atoms with Gasteiger partial charge in [-0.2, -0.15) is 0 Å². The Labute approximate surface area is 190 Å². The van der Waals surface area contributed by atoms with Gasteiger partial charge in [0, 0.05) is 22.7 Å². The number of aryl methyl sites for hydroxylation is 1. The number of carbonyl (C=O) groups excluding carboxylic acids is 1. The van der Waals surface area contributed by atoms with E-state index in [-0.39, 0.29) is 16.6 Å². The van der Waals surface area contributed by atoms with E-state index in [1.807, 2.05) is 6.92 Å². The molecule has 0 unspecified atom stereocenters. The summed E-state index contributed by atoms with van der Waals surface area (Å²) in [5.41, 5.74) is 1.89.